The average Bonchev–Trinajstić information content (AvgIpc) is 3.72. The highest BCUT2D eigenvalue weighted by molar-refractivity contribution is 6.04. The lowest BCUT2D eigenvalue weighted by molar-refractivity contribution is -0.128. The molecule has 1 amide bonds. The van der Waals surface area contributed by atoms with Crippen LogP contribution in [0, 0.1) is 11.3 Å². The fourth-order valence-corrected chi connectivity index (χ4v) is 7.92. The Hall–Kier alpha value is -3.33. The van der Waals surface area contributed by atoms with E-state index in [0.717, 1.165) is 60.7 Å². The SMILES string of the molecule is CC.CCn1c(C2=NC3=CC(C(=O)N4CCC[C@@H](N)C4)=CNC3N2CC2CC3(CCCC3)C2)cc2ccc(OC)nc21.[HH]. The van der Waals surface area contributed by atoms with E-state index in [9.17, 15) is 4.79 Å². The zero-order chi connectivity index (χ0) is 29.4. The summed E-state index contributed by atoms with van der Waals surface area (Å²) in [4.78, 5) is 27.7. The van der Waals surface area contributed by atoms with Gasteiger partial charge < -0.3 is 30.2 Å². The van der Waals surface area contributed by atoms with Crippen molar-refractivity contribution in [1.82, 2.24) is 24.7 Å². The van der Waals surface area contributed by atoms with Gasteiger partial charge in [0.2, 0.25) is 5.88 Å². The van der Waals surface area contributed by atoms with Crippen LogP contribution in [0.3, 0.4) is 0 Å². The first-order valence-electron chi connectivity index (χ1n) is 16.1. The molecule has 0 radical (unpaired) electrons. The number of nitrogens with one attached hydrogen (secondary N) is 1. The maximum atomic E-state index is 13.4. The van der Waals surface area contributed by atoms with Crippen molar-refractivity contribution >= 4 is 22.8 Å². The minimum Gasteiger partial charge on any atom is -0.481 e. The maximum absolute atomic E-state index is 13.4. The second-order valence-corrected chi connectivity index (χ2v) is 12.5. The summed E-state index contributed by atoms with van der Waals surface area (Å²) >= 11 is 0. The van der Waals surface area contributed by atoms with Gasteiger partial charge in [-0.3, -0.25) is 4.79 Å². The smallest absolute Gasteiger partial charge is 0.255 e. The third-order valence-corrected chi connectivity index (χ3v) is 9.83. The van der Waals surface area contributed by atoms with Crippen LogP contribution >= 0.6 is 0 Å². The van der Waals surface area contributed by atoms with Gasteiger partial charge in [0.05, 0.1) is 24.1 Å². The van der Waals surface area contributed by atoms with Gasteiger partial charge in [-0.15, -0.1) is 0 Å². The van der Waals surface area contributed by atoms with Crippen LogP contribution in [0.2, 0.25) is 0 Å². The number of pyridine rings is 1. The number of fused-ring (bicyclic) bond motifs is 2. The van der Waals surface area contributed by atoms with Crippen LogP contribution in [0.4, 0.5) is 0 Å². The van der Waals surface area contributed by atoms with E-state index in [1.54, 1.807) is 7.11 Å². The summed E-state index contributed by atoms with van der Waals surface area (Å²) < 4.78 is 7.66. The largest absolute Gasteiger partial charge is 0.481 e. The van der Waals surface area contributed by atoms with E-state index in [2.05, 4.69) is 33.8 Å². The molecule has 2 saturated carbocycles. The van der Waals surface area contributed by atoms with Gasteiger partial charge in [0.1, 0.15) is 11.8 Å². The molecule has 9 heteroatoms. The Labute approximate surface area is 251 Å². The number of rotatable bonds is 6. The fraction of sp³-hybridized carbons (Fsp3) is 0.606. The molecule has 0 aromatic carbocycles. The summed E-state index contributed by atoms with van der Waals surface area (Å²) in [6.45, 7) is 9.24. The minimum absolute atomic E-state index is 0. The highest BCUT2D eigenvalue weighted by Crippen LogP contribution is 2.56. The van der Waals surface area contributed by atoms with Gasteiger partial charge in [-0.1, -0.05) is 26.7 Å². The number of hydrogen-bond acceptors (Lipinski definition) is 7. The summed E-state index contributed by atoms with van der Waals surface area (Å²) in [5.74, 6) is 2.25. The number of amidine groups is 1. The van der Waals surface area contributed by atoms with Crippen molar-refractivity contribution in [3.8, 4) is 5.88 Å². The molecule has 2 aliphatic carbocycles. The number of nitrogens with two attached hydrogens (primary N) is 1. The average molecular weight is 576 g/mol. The second-order valence-electron chi connectivity index (χ2n) is 12.5. The first-order chi connectivity index (χ1) is 20.5. The molecular weight excluding hydrogens is 526 g/mol. The Kier molecular flexibility index (Phi) is 8.05. The Morgan fingerprint density at radius 2 is 2.00 bits per heavy atom. The van der Waals surface area contributed by atoms with Gasteiger partial charge in [-0.05, 0) is 75.0 Å². The molecule has 1 unspecified atom stereocenters. The van der Waals surface area contributed by atoms with E-state index in [4.69, 9.17) is 20.4 Å². The van der Waals surface area contributed by atoms with Crippen LogP contribution in [-0.2, 0) is 11.3 Å². The number of likely N-dealkylation sites (tertiary alicyclic amines) is 1. The van der Waals surface area contributed by atoms with Crippen LogP contribution in [0.5, 0.6) is 5.88 Å². The number of dihydropyridines is 1. The molecule has 2 aromatic rings. The molecule has 2 aromatic heterocycles. The number of methoxy groups -OCH3 is 1. The van der Waals surface area contributed by atoms with E-state index in [-0.39, 0.29) is 19.5 Å². The highest BCUT2D eigenvalue weighted by Gasteiger charge is 2.48. The second kappa shape index (κ2) is 11.7. The van der Waals surface area contributed by atoms with Gasteiger partial charge in [-0.25, -0.2) is 4.99 Å². The number of ether oxygens (including phenoxy) is 1. The summed E-state index contributed by atoms with van der Waals surface area (Å²) in [5, 5.41) is 4.64. The number of amides is 1. The molecule has 42 heavy (non-hydrogen) atoms. The lowest BCUT2D eigenvalue weighted by Crippen LogP contribution is -2.51. The van der Waals surface area contributed by atoms with E-state index in [0.29, 0.717) is 29.3 Å². The van der Waals surface area contributed by atoms with Crippen molar-refractivity contribution in [2.75, 3.05) is 26.7 Å². The van der Waals surface area contributed by atoms with Crippen LogP contribution < -0.4 is 15.8 Å². The summed E-state index contributed by atoms with van der Waals surface area (Å²) in [5.41, 5.74) is 10.3. The van der Waals surface area contributed by atoms with Gasteiger partial charge in [0.15, 0.2) is 5.84 Å². The molecule has 5 heterocycles. The number of carbonyl (C=O) groups excluding carboxylic acids is 1. The predicted octanol–water partition coefficient (Wildman–Crippen LogP) is 5.02. The minimum atomic E-state index is -0.0823. The number of aryl methyl sites for hydroxylation is 1. The molecule has 1 saturated heterocycles. The Morgan fingerprint density at radius 3 is 2.71 bits per heavy atom. The highest BCUT2D eigenvalue weighted by atomic mass is 16.5. The third-order valence-electron chi connectivity index (χ3n) is 9.83. The standard InChI is InChI=1S/C31H41N7O2.C2H6.H2/c1-3-37-25(14-21-8-9-26(40-2)35-27(21)37)29-34-24-13-22(30(39)36-12-6-7-23(32)19-36)17-33-28(24)38(29)18-20-15-31(16-20)10-4-5-11-31;1-2;/h8-9,13-14,17,20,23,28,33H,3-7,10-12,15-16,18-19,32H2,1-2H3;1-2H3;1H/t23-,28?;;/m1../s1. The van der Waals surface area contributed by atoms with Crippen LogP contribution in [0.1, 0.15) is 79.3 Å². The van der Waals surface area contributed by atoms with Crippen LogP contribution in [-0.4, -0.2) is 70.0 Å². The van der Waals surface area contributed by atoms with Crippen molar-refractivity contribution in [2.24, 2.45) is 22.1 Å². The predicted molar refractivity (Wildman–Crippen MR) is 169 cm³/mol. The molecule has 2 atom stereocenters. The van der Waals surface area contributed by atoms with E-state index in [1.165, 1.54) is 38.5 Å². The normalized spacial score (nSPS) is 24.7. The van der Waals surface area contributed by atoms with E-state index < -0.39 is 0 Å². The number of carbonyl (C=O) groups is 1. The van der Waals surface area contributed by atoms with Gasteiger partial charge in [0.25, 0.3) is 5.91 Å². The molecule has 1 spiro atoms. The van der Waals surface area contributed by atoms with Crippen molar-refractivity contribution in [3.05, 3.63) is 47.4 Å². The molecule has 228 valence electrons. The summed E-state index contributed by atoms with van der Waals surface area (Å²) in [7, 11) is 1.65. The topological polar surface area (TPSA) is 101 Å². The number of nitrogens with zero attached hydrogens (tertiary/aromatic N) is 5. The van der Waals surface area contributed by atoms with E-state index in [1.807, 2.05) is 37.1 Å². The first kappa shape index (κ1) is 28.8. The quantitative estimate of drug-likeness (QED) is 0.502. The number of piperidine rings is 1. The van der Waals surface area contributed by atoms with Crippen molar-refractivity contribution < 1.29 is 11.0 Å². The lowest BCUT2D eigenvalue weighted by Gasteiger charge is -2.48. The molecular formula is C33H49N7O2. The molecule has 3 aliphatic heterocycles. The Bertz CT molecular complexity index is 1420. The monoisotopic (exact) mass is 575 g/mol. The number of hydrogen-bond donors (Lipinski definition) is 2. The number of aromatic nitrogens is 2. The van der Waals surface area contributed by atoms with Gasteiger partial charge >= 0.3 is 0 Å². The molecule has 7 rings (SSSR count). The Morgan fingerprint density at radius 1 is 1.21 bits per heavy atom. The van der Waals surface area contributed by atoms with Crippen LogP contribution in [0.15, 0.2) is 46.7 Å². The van der Waals surface area contributed by atoms with Crippen molar-refractivity contribution in [1.29, 1.82) is 0 Å². The summed E-state index contributed by atoms with van der Waals surface area (Å²) in [6.07, 6.45) is 13.9. The van der Waals surface area contributed by atoms with Crippen molar-refractivity contribution in [3.63, 3.8) is 0 Å². The summed E-state index contributed by atoms with van der Waals surface area (Å²) in [6, 6.07) is 6.23. The molecule has 3 N–H and O–H groups in total. The first-order valence-corrected chi connectivity index (χ1v) is 16.1. The van der Waals surface area contributed by atoms with Gasteiger partial charge in [-0.2, -0.15) is 4.98 Å². The number of aliphatic imine (C=N–C) groups is 1. The van der Waals surface area contributed by atoms with Crippen molar-refractivity contribution in [2.45, 2.75) is 90.9 Å². The van der Waals surface area contributed by atoms with Gasteiger partial charge in [0, 0.05) is 51.3 Å². The lowest BCUT2D eigenvalue weighted by atomic mass is 9.61. The maximum Gasteiger partial charge on any atom is 0.255 e. The zero-order valence-electron chi connectivity index (χ0n) is 25.7. The molecule has 9 nitrogen and oxygen atoms in total. The molecule has 0 bridgehead atoms. The fourth-order valence-electron chi connectivity index (χ4n) is 7.92. The van der Waals surface area contributed by atoms with Crippen LogP contribution in [0.25, 0.3) is 11.0 Å². The molecule has 3 fully saturated rings. The van der Waals surface area contributed by atoms with E-state index >= 15 is 0 Å². The Balaban J connectivity index is 0.00000120. The zero-order valence-corrected chi connectivity index (χ0v) is 25.7. The third kappa shape index (κ3) is 5.10. The molecule has 5 aliphatic rings.